The molecule has 0 spiro atoms. The van der Waals surface area contributed by atoms with Gasteiger partial charge >= 0.3 is 0 Å². The van der Waals surface area contributed by atoms with Crippen LogP contribution in [0.2, 0.25) is 0 Å². The first-order valence-corrected chi connectivity index (χ1v) is 9.05. The van der Waals surface area contributed by atoms with Crippen molar-refractivity contribution in [2.75, 3.05) is 17.2 Å². The van der Waals surface area contributed by atoms with Crippen LogP contribution in [0.1, 0.15) is 16.8 Å². The number of aryl methyl sites for hydroxylation is 1. The van der Waals surface area contributed by atoms with E-state index in [4.69, 9.17) is 0 Å². The number of nitrogens with one attached hydrogen (secondary N) is 3. The van der Waals surface area contributed by atoms with Crippen LogP contribution in [0.4, 0.5) is 11.8 Å². The van der Waals surface area contributed by atoms with Gasteiger partial charge < -0.3 is 15.6 Å². The van der Waals surface area contributed by atoms with Crippen LogP contribution in [0.15, 0.2) is 61.1 Å². The van der Waals surface area contributed by atoms with Gasteiger partial charge in [-0.05, 0) is 42.7 Å². The standard InChI is InChI=1S/C21H22N6/c1-15-12-20(25-13-16-6-9-22-10-7-16)27-21(26-15)23-11-8-17-14-24-19-5-3-2-4-18(17)19/h2-7,9-10,12,14,24H,8,11,13H2,1H3,(H2,23,25,26,27). The summed E-state index contributed by atoms with van der Waals surface area (Å²) in [6.07, 6.45) is 6.56. The van der Waals surface area contributed by atoms with Crippen molar-refractivity contribution >= 4 is 22.7 Å². The summed E-state index contributed by atoms with van der Waals surface area (Å²) in [5, 5.41) is 7.96. The van der Waals surface area contributed by atoms with Gasteiger partial charge in [-0.3, -0.25) is 4.98 Å². The maximum absolute atomic E-state index is 4.57. The van der Waals surface area contributed by atoms with E-state index in [1.807, 2.05) is 31.2 Å². The second-order valence-corrected chi connectivity index (χ2v) is 6.46. The molecule has 136 valence electrons. The Bertz CT molecular complexity index is 1030. The molecule has 3 heterocycles. The first-order chi connectivity index (χ1) is 13.3. The summed E-state index contributed by atoms with van der Waals surface area (Å²) in [5.41, 5.74) is 4.55. The second-order valence-electron chi connectivity index (χ2n) is 6.46. The number of pyridine rings is 1. The Morgan fingerprint density at radius 1 is 1.00 bits per heavy atom. The fourth-order valence-electron chi connectivity index (χ4n) is 3.08. The van der Waals surface area contributed by atoms with Gasteiger partial charge in [-0.1, -0.05) is 18.2 Å². The highest BCUT2D eigenvalue weighted by atomic mass is 15.1. The number of fused-ring (bicyclic) bond motifs is 1. The van der Waals surface area contributed by atoms with Crippen LogP contribution in [0.5, 0.6) is 0 Å². The van der Waals surface area contributed by atoms with Crippen molar-refractivity contribution in [3.8, 4) is 0 Å². The molecule has 0 unspecified atom stereocenters. The predicted molar refractivity (Wildman–Crippen MR) is 109 cm³/mol. The van der Waals surface area contributed by atoms with Crippen molar-refractivity contribution in [3.05, 3.63) is 77.9 Å². The summed E-state index contributed by atoms with van der Waals surface area (Å²) < 4.78 is 0. The quantitative estimate of drug-likeness (QED) is 0.466. The highest BCUT2D eigenvalue weighted by molar-refractivity contribution is 5.83. The van der Waals surface area contributed by atoms with Gasteiger partial charge in [0.05, 0.1) is 0 Å². The molecule has 0 aliphatic carbocycles. The minimum Gasteiger partial charge on any atom is -0.366 e. The van der Waals surface area contributed by atoms with Crippen molar-refractivity contribution in [2.24, 2.45) is 0 Å². The number of aromatic nitrogens is 4. The van der Waals surface area contributed by atoms with E-state index >= 15 is 0 Å². The van der Waals surface area contributed by atoms with Crippen molar-refractivity contribution in [2.45, 2.75) is 19.9 Å². The van der Waals surface area contributed by atoms with Crippen molar-refractivity contribution in [3.63, 3.8) is 0 Å². The third kappa shape index (κ3) is 4.23. The highest BCUT2D eigenvalue weighted by Gasteiger charge is 2.05. The van der Waals surface area contributed by atoms with Gasteiger partial charge in [0.1, 0.15) is 5.82 Å². The molecule has 0 amide bonds. The van der Waals surface area contributed by atoms with Crippen molar-refractivity contribution < 1.29 is 0 Å². The summed E-state index contributed by atoms with van der Waals surface area (Å²) >= 11 is 0. The molecular formula is C21H22N6. The Labute approximate surface area is 158 Å². The van der Waals surface area contributed by atoms with Crippen LogP contribution < -0.4 is 10.6 Å². The maximum Gasteiger partial charge on any atom is 0.224 e. The van der Waals surface area contributed by atoms with Crippen LogP contribution in [0.25, 0.3) is 10.9 Å². The van der Waals surface area contributed by atoms with Crippen LogP contribution in [-0.4, -0.2) is 26.5 Å². The molecule has 0 atom stereocenters. The molecule has 0 aliphatic rings. The van der Waals surface area contributed by atoms with Crippen molar-refractivity contribution in [1.29, 1.82) is 0 Å². The lowest BCUT2D eigenvalue weighted by Gasteiger charge is -2.10. The molecule has 0 fully saturated rings. The molecule has 6 heteroatoms. The van der Waals surface area contributed by atoms with Crippen LogP contribution in [-0.2, 0) is 13.0 Å². The highest BCUT2D eigenvalue weighted by Crippen LogP contribution is 2.18. The van der Waals surface area contributed by atoms with Crippen LogP contribution in [0, 0.1) is 6.92 Å². The fourth-order valence-corrected chi connectivity index (χ4v) is 3.08. The number of benzene rings is 1. The SMILES string of the molecule is Cc1cc(NCc2ccncc2)nc(NCCc2c[nH]c3ccccc23)n1. The monoisotopic (exact) mass is 358 g/mol. The normalized spacial score (nSPS) is 10.9. The average Bonchev–Trinajstić information content (AvgIpc) is 3.10. The molecule has 1 aromatic carbocycles. The molecule has 0 saturated heterocycles. The van der Waals surface area contributed by atoms with E-state index in [1.54, 1.807) is 12.4 Å². The van der Waals surface area contributed by atoms with Crippen molar-refractivity contribution in [1.82, 2.24) is 19.9 Å². The molecule has 0 radical (unpaired) electrons. The average molecular weight is 358 g/mol. The third-order valence-corrected chi connectivity index (χ3v) is 4.43. The summed E-state index contributed by atoms with van der Waals surface area (Å²) in [6.45, 7) is 3.45. The first-order valence-electron chi connectivity index (χ1n) is 9.05. The summed E-state index contributed by atoms with van der Waals surface area (Å²) in [5.74, 6) is 1.46. The van der Waals surface area contributed by atoms with Gasteiger partial charge in [-0.15, -0.1) is 0 Å². The Kier molecular flexibility index (Phi) is 4.96. The molecule has 27 heavy (non-hydrogen) atoms. The summed E-state index contributed by atoms with van der Waals surface area (Å²) in [6, 6.07) is 14.3. The van der Waals surface area contributed by atoms with Crippen LogP contribution >= 0.6 is 0 Å². The van der Waals surface area contributed by atoms with E-state index < -0.39 is 0 Å². The Hall–Kier alpha value is -3.41. The number of aromatic amines is 1. The number of H-pyrrole nitrogens is 1. The smallest absolute Gasteiger partial charge is 0.224 e. The minimum absolute atomic E-state index is 0.645. The van der Waals surface area contributed by atoms with E-state index in [-0.39, 0.29) is 0 Å². The summed E-state index contributed by atoms with van der Waals surface area (Å²) in [7, 11) is 0. The lowest BCUT2D eigenvalue weighted by atomic mass is 10.1. The van der Waals surface area contributed by atoms with Gasteiger partial charge in [0.2, 0.25) is 5.95 Å². The Morgan fingerprint density at radius 3 is 2.74 bits per heavy atom. The summed E-state index contributed by atoms with van der Waals surface area (Å²) in [4.78, 5) is 16.4. The zero-order valence-electron chi connectivity index (χ0n) is 15.2. The number of nitrogens with zero attached hydrogens (tertiary/aromatic N) is 3. The Balaban J connectivity index is 1.38. The maximum atomic E-state index is 4.57. The first kappa shape index (κ1) is 17.0. The number of hydrogen-bond acceptors (Lipinski definition) is 5. The molecule has 0 saturated carbocycles. The van der Waals surface area contributed by atoms with E-state index in [0.717, 1.165) is 30.0 Å². The molecule has 0 aliphatic heterocycles. The van der Waals surface area contributed by atoms with Gasteiger partial charge in [-0.2, -0.15) is 4.98 Å². The number of para-hydroxylation sites is 1. The van der Waals surface area contributed by atoms with Gasteiger partial charge in [0.15, 0.2) is 0 Å². The predicted octanol–water partition coefficient (Wildman–Crippen LogP) is 3.93. The molecule has 4 rings (SSSR count). The van der Waals surface area contributed by atoms with E-state index in [1.165, 1.54) is 16.5 Å². The van der Waals surface area contributed by atoms with E-state index in [9.17, 15) is 0 Å². The third-order valence-electron chi connectivity index (χ3n) is 4.43. The number of rotatable bonds is 7. The van der Waals surface area contributed by atoms with Gasteiger partial charge in [0.25, 0.3) is 0 Å². The molecule has 4 aromatic rings. The second kappa shape index (κ2) is 7.86. The van der Waals surface area contributed by atoms with Gasteiger partial charge in [0, 0.05) is 54.3 Å². The lowest BCUT2D eigenvalue weighted by molar-refractivity contribution is 0.974. The number of hydrogen-bond donors (Lipinski definition) is 3. The zero-order valence-corrected chi connectivity index (χ0v) is 15.2. The molecule has 3 N–H and O–H groups in total. The lowest BCUT2D eigenvalue weighted by Crippen LogP contribution is -2.10. The Morgan fingerprint density at radius 2 is 1.85 bits per heavy atom. The zero-order chi connectivity index (χ0) is 18.5. The topological polar surface area (TPSA) is 78.5 Å². The molecule has 0 bridgehead atoms. The molecule has 6 nitrogen and oxygen atoms in total. The minimum atomic E-state index is 0.645. The van der Waals surface area contributed by atoms with E-state index in [2.05, 4.69) is 55.0 Å². The van der Waals surface area contributed by atoms with Crippen LogP contribution in [0.3, 0.4) is 0 Å². The molecular weight excluding hydrogens is 336 g/mol. The van der Waals surface area contributed by atoms with E-state index in [0.29, 0.717) is 12.5 Å². The molecule has 3 aromatic heterocycles. The largest absolute Gasteiger partial charge is 0.366 e. The number of anilines is 2. The fraction of sp³-hybridized carbons (Fsp3) is 0.190. The van der Waals surface area contributed by atoms with Gasteiger partial charge in [-0.25, -0.2) is 4.98 Å².